The summed E-state index contributed by atoms with van der Waals surface area (Å²) in [6, 6.07) is 6.00. The van der Waals surface area contributed by atoms with Crippen LogP contribution in [0.1, 0.15) is 16.5 Å². The minimum atomic E-state index is -4.66. The minimum Gasteiger partial charge on any atom is -0.406 e. The van der Waals surface area contributed by atoms with Crippen LogP contribution in [0.2, 0.25) is 0 Å². The van der Waals surface area contributed by atoms with E-state index in [1.165, 1.54) is 23.5 Å². The van der Waals surface area contributed by atoms with Gasteiger partial charge >= 0.3 is 6.36 Å². The summed E-state index contributed by atoms with van der Waals surface area (Å²) in [7, 11) is 1.84. The monoisotopic (exact) mass is 302 g/mol. The van der Waals surface area contributed by atoms with Crippen molar-refractivity contribution in [2.75, 3.05) is 7.05 Å². The van der Waals surface area contributed by atoms with Crippen LogP contribution in [-0.2, 0) is 6.42 Å². The Morgan fingerprint density at radius 3 is 2.50 bits per heavy atom. The van der Waals surface area contributed by atoms with Gasteiger partial charge in [-0.3, -0.25) is 4.98 Å². The molecular weight excluding hydrogens is 289 g/mol. The summed E-state index contributed by atoms with van der Waals surface area (Å²) in [5.74, 6) is -0.208. The van der Waals surface area contributed by atoms with Gasteiger partial charge < -0.3 is 10.1 Å². The van der Waals surface area contributed by atoms with Crippen molar-refractivity contribution >= 4 is 11.3 Å². The molecule has 1 atom stereocenters. The molecule has 0 saturated carbocycles. The predicted molar refractivity (Wildman–Crippen MR) is 70.7 cm³/mol. The first-order valence-electron chi connectivity index (χ1n) is 5.88. The molecule has 1 aromatic heterocycles. The van der Waals surface area contributed by atoms with E-state index in [0.717, 1.165) is 10.4 Å². The van der Waals surface area contributed by atoms with E-state index >= 15 is 0 Å². The van der Waals surface area contributed by atoms with Crippen LogP contribution in [-0.4, -0.2) is 18.4 Å². The molecule has 7 heteroatoms. The highest BCUT2D eigenvalue weighted by molar-refractivity contribution is 7.09. The predicted octanol–water partition coefficient (Wildman–Crippen LogP) is 3.54. The Balaban J connectivity index is 2.03. The summed E-state index contributed by atoms with van der Waals surface area (Å²) in [4.78, 5) is 5.11. The van der Waals surface area contributed by atoms with Crippen molar-refractivity contribution in [3.05, 3.63) is 46.4 Å². The highest BCUT2D eigenvalue weighted by Crippen LogP contribution is 2.25. The second kappa shape index (κ2) is 6.23. The van der Waals surface area contributed by atoms with Crippen LogP contribution < -0.4 is 10.1 Å². The summed E-state index contributed by atoms with van der Waals surface area (Å²) in [5, 5.41) is 3.16. The summed E-state index contributed by atoms with van der Waals surface area (Å²) < 4.78 is 40.0. The average Bonchev–Trinajstić information content (AvgIpc) is 2.90. The van der Waals surface area contributed by atoms with Crippen molar-refractivity contribution in [1.82, 2.24) is 10.3 Å². The molecular formula is C13H13F3N2OS. The number of alkyl halides is 3. The van der Waals surface area contributed by atoms with Gasteiger partial charge in [0, 0.05) is 17.1 Å². The normalized spacial score (nSPS) is 13.2. The molecule has 1 aromatic carbocycles. The van der Waals surface area contributed by atoms with Gasteiger partial charge in [0.25, 0.3) is 0 Å². The quantitative estimate of drug-likeness (QED) is 0.917. The average molecular weight is 302 g/mol. The van der Waals surface area contributed by atoms with Crippen molar-refractivity contribution < 1.29 is 17.9 Å². The lowest BCUT2D eigenvalue weighted by atomic mass is 10.1. The van der Waals surface area contributed by atoms with Gasteiger partial charge in [-0.05, 0) is 31.2 Å². The number of aromatic nitrogens is 1. The topological polar surface area (TPSA) is 34.1 Å². The van der Waals surface area contributed by atoms with Gasteiger partial charge in [-0.2, -0.15) is 0 Å². The Morgan fingerprint density at radius 1 is 1.30 bits per heavy atom. The molecule has 0 aliphatic carbocycles. The van der Waals surface area contributed by atoms with Crippen molar-refractivity contribution in [3.63, 3.8) is 0 Å². The molecule has 0 aliphatic heterocycles. The second-order valence-electron chi connectivity index (χ2n) is 4.14. The maximum Gasteiger partial charge on any atom is 0.573 e. The zero-order valence-corrected chi connectivity index (χ0v) is 11.5. The molecule has 3 nitrogen and oxygen atoms in total. The van der Waals surface area contributed by atoms with Gasteiger partial charge in [-0.1, -0.05) is 12.1 Å². The van der Waals surface area contributed by atoms with Crippen LogP contribution in [0.4, 0.5) is 13.2 Å². The largest absolute Gasteiger partial charge is 0.573 e. The Labute approximate surface area is 118 Å². The molecule has 108 valence electrons. The first-order valence-corrected chi connectivity index (χ1v) is 6.76. The van der Waals surface area contributed by atoms with Gasteiger partial charge in [0.2, 0.25) is 0 Å². The van der Waals surface area contributed by atoms with Crippen LogP contribution >= 0.6 is 11.3 Å². The Bertz CT molecular complexity index is 526. The number of hydrogen-bond acceptors (Lipinski definition) is 4. The molecule has 0 aliphatic rings. The SMILES string of the molecule is CNC(Cc1ccc(OC(F)(F)F)cc1)c1cncs1. The summed E-state index contributed by atoms with van der Waals surface area (Å²) >= 11 is 1.54. The third-order valence-corrected chi connectivity index (χ3v) is 3.63. The van der Waals surface area contributed by atoms with E-state index in [9.17, 15) is 13.2 Å². The third-order valence-electron chi connectivity index (χ3n) is 2.74. The van der Waals surface area contributed by atoms with E-state index < -0.39 is 6.36 Å². The smallest absolute Gasteiger partial charge is 0.406 e. The number of hydrogen-bond donors (Lipinski definition) is 1. The standard InChI is InChI=1S/C13H13F3N2OS/c1-17-11(12-7-18-8-20-12)6-9-2-4-10(5-3-9)19-13(14,15)16/h2-5,7-8,11,17H,6H2,1H3. The summed E-state index contributed by atoms with van der Waals surface area (Å²) in [5.41, 5.74) is 2.67. The zero-order valence-electron chi connectivity index (χ0n) is 10.6. The van der Waals surface area contributed by atoms with Crippen molar-refractivity contribution in [3.8, 4) is 5.75 Å². The molecule has 0 bridgehead atoms. The molecule has 1 unspecified atom stereocenters. The number of likely N-dealkylation sites (N-methyl/N-ethyl adjacent to an activating group) is 1. The highest BCUT2D eigenvalue weighted by Gasteiger charge is 2.30. The lowest BCUT2D eigenvalue weighted by Crippen LogP contribution is -2.18. The number of rotatable bonds is 5. The minimum absolute atomic E-state index is 0.0943. The molecule has 0 amide bonds. The molecule has 2 rings (SSSR count). The van der Waals surface area contributed by atoms with Gasteiger partial charge in [0.05, 0.1) is 5.51 Å². The molecule has 1 heterocycles. The number of thiazole rings is 1. The first kappa shape index (κ1) is 14.8. The number of nitrogens with one attached hydrogen (secondary N) is 1. The van der Waals surface area contributed by atoms with Crippen LogP contribution in [0.25, 0.3) is 0 Å². The molecule has 0 radical (unpaired) electrons. The van der Waals surface area contributed by atoms with E-state index in [1.54, 1.807) is 23.8 Å². The molecule has 20 heavy (non-hydrogen) atoms. The third kappa shape index (κ3) is 4.21. The first-order chi connectivity index (χ1) is 9.48. The van der Waals surface area contributed by atoms with Crippen LogP contribution in [0.5, 0.6) is 5.75 Å². The molecule has 0 fully saturated rings. The van der Waals surface area contributed by atoms with E-state index in [1.807, 2.05) is 7.05 Å². The molecule has 2 aromatic rings. The highest BCUT2D eigenvalue weighted by atomic mass is 32.1. The number of ether oxygens (including phenoxy) is 1. The second-order valence-corrected chi connectivity index (χ2v) is 5.06. The van der Waals surface area contributed by atoms with Crippen molar-refractivity contribution in [1.29, 1.82) is 0 Å². The fraction of sp³-hybridized carbons (Fsp3) is 0.308. The van der Waals surface area contributed by atoms with E-state index in [2.05, 4.69) is 15.0 Å². The molecule has 0 spiro atoms. The maximum atomic E-state index is 12.1. The van der Waals surface area contributed by atoms with Crippen LogP contribution in [0, 0.1) is 0 Å². The van der Waals surface area contributed by atoms with Crippen LogP contribution in [0.15, 0.2) is 36.0 Å². The Hall–Kier alpha value is -1.60. The Morgan fingerprint density at radius 2 is 2.00 bits per heavy atom. The van der Waals surface area contributed by atoms with E-state index in [0.29, 0.717) is 6.42 Å². The summed E-state index contributed by atoms with van der Waals surface area (Å²) in [6.07, 6.45) is -2.20. The van der Waals surface area contributed by atoms with Gasteiger partial charge in [-0.25, -0.2) is 0 Å². The van der Waals surface area contributed by atoms with Crippen LogP contribution in [0.3, 0.4) is 0 Å². The molecule has 1 N–H and O–H groups in total. The fourth-order valence-corrected chi connectivity index (χ4v) is 2.54. The lowest BCUT2D eigenvalue weighted by Gasteiger charge is -2.14. The Kier molecular flexibility index (Phi) is 4.61. The van der Waals surface area contributed by atoms with Gasteiger partial charge in [-0.15, -0.1) is 24.5 Å². The number of halogens is 3. The van der Waals surface area contributed by atoms with Gasteiger partial charge in [0.15, 0.2) is 0 Å². The lowest BCUT2D eigenvalue weighted by molar-refractivity contribution is -0.274. The maximum absolute atomic E-state index is 12.1. The number of benzene rings is 1. The van der Waals surface area contributed by atoms with E-state index in [4.69, 9.17) is 0 Å². The number of nitrogens with zero attached hydrogens (tertiary/aromatic N) is 1. The zero-order chi connectivity index (χ0) is 14.6. The van der Waals surface area contributed by atoms with E-state index in [-0.39, 0.29) is 11.8 Å². The summed E-state index contributed by atoms with van der Waals surface area (Å²) in [6.45, 7) is 0. The fourth-order valence-electron chi connectivity index (χ4n) is 1.81. The van der Waals surface area contributed by atoms with Crippen molar-refractivity contribution in [2.45, 2.75) is 18.8 Å². The van der Waals surface area contributed by atoms with Gasteiger partial charge in [0.1, 0.15) is 5.75 Å². The van der Waals surface area contributed by atoms with Crippen molar-refractivity contribution in [2.24, 2.45) is 0 Å². The molecule has 0 saturated heterocycles.